The molecule has 21 heavy (non-hydrogen) atoms. The van der Waals surface area contributed by atoms with Crippen molar-refractivity contribution in [2.24, 2.45) is 0 Å². The molecule has 1 rings (SSSR count). The van der Waals surface area contributed by atoms with Gasteiger partial charge in [0.1, 0.15) is 0 Å². The molecule has 0 aliphatic carbocycles. The second kappa shape index (κ2) is 7.92. The summed E-state index contributed by atoms with van der Waals surface area (Å²) in [7, 11) is -3.69. The molecule has 0 fully saturated rings. The van der Waals surface area contributed by atoms with Crippen molar-refractivity contribution in [3.63, 3.8) is 0 Å². The number of carboxylic acid groups (broad SMARTS) is 1. The summed E-state index contributed by atoms with van der Waals surface area (Å²) in [5.41, 5.74) is 0.485. The first kappa shape index (κ1) is 17.4. The van der Waals surface area contributed by atoms with Crippen LogP contribution < -0.4 is 0 Å². The number of benzene rings is 1. The Balaban J connectivity index is 3.12. The highest BCUT2D eigenvalue weighted by atomic mass is 32.2. The Hall–Kier alpha value is -1.70. The smallest absolute Gasteiger partial charge is 0.328 e. The van der Waals surface area contributed by atoms with E-state index in [1.165, 1.54) is 22.5 Å². The number of aliphatic carboxylic acids is 1. The Morgan fingerprint density at radius 2 is 2.05 bits per heavy atom. The Kier molecular flexibility index (Phi) is 6.54. The topological polar surface area (TPSA) is 94.9 Å². The van der Waals surface area contributed by atoms with Crippen molar-refractivity contribution in [3.8, 4) is 0 Å². The molecule has 0 bridgehead atoms. The summed E-state index contributed by atoms with van der Waals surface area (Å²) in [5.74, 6) is -1.10. The zero-order valence-corrected chi connectivity index (χ0v) is 12.6. The molecule has 7 heteroatoms. The molecule has 0 aromatic heterocycles. The van der Waals surface area contributed by atoms with Crippen LogP contribution in [-0.4, -0.2) is 48.6 Å². The van der Waals surface area contributed by atoms with Gasteiger partial charge in [0.25, 0.3) is 0 Å². The summed E-state index contributed by atoms with van der Waals surface area (Å²) < 4.78 is 26.2. The monoisotopic (exact) mass is 313 g/mol. The molecule has 2 N–H and O–H groups in total. The van der Waals surface area contributed by atoms with Crippen molar-refractivity contribution in [3.05, 3.63) is 35.9 Å². The van der Waals surface area contributed by atoms with Crippen molar-refractivity contribution >= 4 is 22.1 Å². The molecule has 6 nitrogen and oxygen atoms in total. The van der Waals surface area contributed by atoms with E-state index in [-0.39, 0.29) is 18.0 Å². The van der Waals surface area contributed by atoms with Gasteiger partial charge < -0.3 is 10.2 Å². The lowest BCUT2D eigenvalue weighted by atomic mass is 10.2. The summed E-state index contributed by atoms with van der Waals surface area (Å²) in [6.07, 6.45) is 2.92. The van der Waals surface area contributed by atoms with Crippen molar-refractivity contribution in [2.45, 2.75) is 18.2 Å². The van der Waals surface area contributed by atoms with Crippen LogP contribution >= 0.6 is 0 Å². The van der Waals surface area contributed by atoms with Crippen molar-refractivity contribution < 1.29 is 23.4 Å². The molecule has 0 amide bonds. The maximum atomic E-state index is 12.5. The van der Waals surface area contributed by atoms with Crippen LogP contribution in [-0.2, 0) is 14.8 Å². The van der Waals surface area contributed by atoms with E-state index < -0.39 is 16.0 Å². The van der Waals surface area contributed by atoms with Gasteiger partial charge in [-0.1, -0.05) is 19.1 Å². The lowest BCUT2D eigenvalue weighted by Gasteiger charge is -2.20. The molecule has 0 spiro atoms. The third-order valence-electron chi connectivity index (χ3n) is 2.74. The van der Waals surface area contributed by atoms with Crippen LogP contribution in [0.3, 0.4) is 0 Å². The van der Waals surface area contributed by atoms with Crippen molar-refractivity contribution in [1.82, 2.24) is 4.31 Å². The van der Waals surface area contributed by atoms with Gasteiger partial charge in [0.2, 0.25) is 10.0 Å². The zero-order valence-electron chi connectivity index (χ0n) is 11.8. The van der Waals surface area contributed by atoms with Gasteiger partial charge in [-0.3, -0.25) is 0 Å². The van der Waals surface area contributed by atoms with E-state index in [9.17, 15) is 13.2 Å². The molecule has 0 heterocycles. The maximum absolute atomic E-state index is 12.5. The molecule has 0 atom stereocenters. The summed E-state index contributed by atoms with van der Waals surface area (Å²) in [4.78, 5) is 10.6. The molecule has 0 aliphatic rings. The van der Waals surface area contributed by atoms with Crippen molar-refractivity contribution in [1.29, 1.82) is 0 Å². The van der Waals surface area contributed by atoms with E-state index in [1.54, 1.807) is 12.1 Å². The fraction of sp³-hybridized carbons (Fsp3) is 0.357. The second-order valence-electron chi connectivity index (χ2n) is 4.37. The van der Waals surface area contributed by atoms with E-state index in [0.29, 0.717) is 18.5 Å². The molecular weight excluding hydrogens is 294 g/mol. The normalized spacial score (nSPS) is 12.1. The van der Waals surface area contributed by atoms with E-state index in [4.69, 9.17) is 10.2 Å². The van der Waals surface area contributed by atoms with Crippen LogP contribution in [0.4, 0.5) is 0 Å². The van der Waals surface area contributed by atoms with Crippen molar-refractivity contribution in [2.75, 3.05) is 19.7 Å². The number of carbonyl (C=O) groups is 1. The first-order valence-corrected chi connectivity index (χ1v) is 7.98. The van der Waals surface area contributed by atoms with E-state index in [1.807, 2.05) is 6.92 Å². The van der Waals surface area contributed by atoms with Gasteiger partial charge in [0, 0.05) is 19.2 Å². The SMILES string of the molecule is CCCN(CCO)S(=O)(=O)c1cccc(C=CC(=O)O)c1. The molecular formula is C14H19NO5S. The Morgan fingerprint density at radius 3 is 2.62 bits per heavy atom. The van der Waals surface area contributed by atoms with Crippen LogP contribution in [0.5, 0.6) is 0 Å². The number of hydrogen-bond donors (Lipinski definition) is 2. The number of nitrogens with zero attached hydrogens (tertiary/aromatic N) is 1. The molecule has 0 saturated heterocycles. The minimum Gasteiger partial charge on any atom is -0.478 e. The van der Waals surface area contributed by atoms with Crippen LogP contribution in [0.15, 0.2) is 35.2 Å². The first-order valence-electron chi connectivity index (χ1n) is 6.54. The van der Waals surface area contributed by atoms with Gasteiger partial charge in [-0.2, -0.15) is 4.31 Å². The van der Waals surface area contributed by atoms with Gasteiger partial charge in [-0.05, 0) is 30.2 Å². The molecule has 116 valence electrons. The third-order valence-corrected chi connectivity index (χ3v) is 4.63. The molecule has 0 unspecified atom stereocenters. The second-order valence-corrected chi connectivity index (χ2v) is 6.31. The van der Waals surface area contributed by atoms with E-state index in [2.05, 4.69) is 0 Å². The molecule has 0 aliphatic heterocycles. The van der Waals surface area contributed by atoms with Gasteiger partial charge in [-0.25, -0.2) is 13.2 Å². The average Bonchev–Trinajstić information content (AvgIpc) is 2.45. The van der Waals surface area contributed by atoms with Gasteiger partial charge >= 0.3 is 5.97 Å². The Labute approximate surface area is 124 Å². The first-order chi connectivity index (χ1) is 9.91. The Morgan fingerprint density at radius 1 is 1.33 bits per heavy atom. The molecule has 1 aromatic carbocycles. The predicted octanol–water partition coefficient (Wildman–Crippen LogP) is 1.18. The number of rotatable bonds is 8. The molecule has 1 aromatic rings. The average molecular weight is 313 g/mol. The summed E-state index contributed by atoms with van der Waals surface area (Å²) >= 11 is 0. The lowest BCUT2D eigenvalue weighted by molar-refractivity contribution is -0.131. The summed E-state index contributed by atoms with van der Waals surface area (Å²) in [5, 5.41) is 17.6. The number of hydrogen-bond acceptors (Lipinski definition) is 4. The fourth-order valence-corrected chi connectivity index (χ4v) is 3.39. The van der Waals surface area contributed by atoms with Gasteiger partial charge in [0.05, 0.1) is 11.5 Å². The number of aliphatic hydroxyl groups excluding tert-OH is 1. The fourth-order valence-electron chi connectivity index (χ4n) is 1.81. The zero-order chi connectivity index (χ0) is 15.9. The summed E-state index contributed by atoms with van der Waals surface area (Å²) in [6, 6.07) is 6.04. The maximum Gasteiger partial charge on any atom is 0.328 e. The standard InChI is InChI=1S/C14H19NO5S/c1-2-8-15(9-10-16)21(19,20)13-5-3-4-12(11-13)6-7-14(17)18/h3-7,11,16H,2,8-10H2,1H3,(H,17,18). The molecule has 0 saturated carbocycles. The minimum absolute atomic E-state index is 0.0331. The number of carboxylic acids is 1. The number of sulfonamides is 1. The highest BCUT2D eigenvalue weighted by Gasteiger charge is 2.23. The highest BCUT2D eigenvalue weighted by Crippen LogP contribution is 2.18. The van der Waals surface area contributed by atoms with Gasteiger partial charge in [-0.15, -0.1) is 0 Å². The highest BCUT2D eigenvalue weighted by molar-refractivity contribution is 7.89. The minimum atomic E-state index is -3.69. The largest absolute Gasteiger partial charge is 0.478 e. The quantitative estimate of drug-likeness (QED) is 0.703. The van der Waals surface area contributed by atoms with Crippen LogP contribution in [0.25, 0.3) is 6.08 Å². The summed E-state index contributed by atoms with van der Waals surface area (Å²) in [6.45, 7) is 1.95. The lowest BCUT2D eigenvalue weighted by Crippen LogP contribution is -2.34. The predicted molar refractivity (Wildman–Crippen MR) is 79.2 cm³/mol. The van der Waals surface area contributed by atoms with Crippen LogP contribution in [0.1, 0.15) is 18.9 Å². The van der Waals surface area contributed by atoms with Crippen LogP contribution in [0, 0.1) is 0 Å². The van der Waals surface area contributed by atoms with Gasteiger partial charge in [0.15, 0.2) is 0 Å². The van der Waals surface area contributed by atoms with Crippen LogP contribution in [0.2, 0.25) is 0 Å². The van der Waals surface area contributed by atoms with E-state index >= 15 is 0 Å². The Bertz CT molecular complexity index is 604. The number of aliphatic hydroxyl groups is 1. The van der Waals surface area contributed by atoms with E-state index in [0.717, 1.165) is 6.08 Å². The third kappa shape index (κ3) is 4.96. The molecule has 0 radical (unpaired) electrons.